The number of aromatic nitrogens is 1. The molecule has 2 N–H and O–H groups in total. The molecule has 0 amide bonds. The average Bonchev–Trinajstić information content (AvgIpc) is 2.51. The zero-order valence-corrected chi connectivity index (χ0v) is 11.7. The summed E-state index contributed by atoms with van der Waals surface area (Å²) >= 11 is 0. The van der Waals surface area contributed by atoms with Crippen molar-refractivity contribution in [3.63, 3.8) is 0 Å². The molecule has 2 rings (SSSR count). The van der Waals surface area contributed by atoms with Gasteiger partial charge in [-0.1, -0.05) is 24.3 Å². The summed E-state index contributed by atoms with van der Waals surface area (Å²) in [6.07, 6.45) is 1.84. The van der Waals surface area contributed by atoms with Crippen molar-refractivity contribution < 1.29 is 14.6 Å². The normalized spacial score (nSPS) is 10.3. The van der Waals surface area contributed by atoms with Crippen LogP contribution in [0.25, 0.3) is 0 Å². The maximum absolute atomic E-state index is 10.5. The first-order valence-corrected chi connectivity index (χ1v) is 6.79. The number of aliphatic carboxylic acids is 1. The Kier molecular flexibility index (Phi) is 5.72. The van der Waals surface area contributed by atoms with Crippen LogP contribution in [-0.2, 0) is 17.9 Å². The van der Waals surface area contributed by atoms with Crippen molar-refractivity contribution in [3.05, 3.63) is 59.9 Å². The lowest BCUT2D eigenvalue weighted by atomic mass is 10.2. The summed E-state index contributed by atoms with van der Waals surface area (Å²) in [6.45, 7) is 1.42. The van der Waals surface area contributed by atoms with E-state index in [-0.39, 0.29) is 6.42 Å². The number of carboxylic acids is 1. The fourth-order valence-electron chi connectivity index (χ4n) is 1.84. The summed E-state index contributed by atoms with van der Waals surface area (Å²) in [7, 11) is 0. The molecule has 110 valence electrons. The second-order valence-electron chi connectivity index (χ2n) is 4.54. The lowest BCUT2D eigenvalue weighted by Crippen LogP contribution is -2.18. The van der Waals surface area contributed by atoms with E-state index < -0.39 is 5.97 Å². The highest BCUT2D eigenvalue weighted by Gasteiger charge is 2.04. The summed E-state index contributed by atoms with van der Waals surface area (Å²) in [5.41, 5.74) is 1.87. The number of nitrogens with zero attached hydrogens (tertiary/aromatic N) is 1. The number of carbonyl (C=O) groups is 1. The number of nitrogens with one attached hydrogen (secondary N) is 1. The summed E-state index contributed by atoms with van der Waals surface area (Å²) < 4.78 is 5.78. The van der Waals surface area contributed by atoms with Crippen molar-refractivity contribution in [2.24, 2.45) is 0 Å². The van der Waals surface area contributed by atoms with Crippen LogP contribution in [-0.4, -0.2) is 22.6 Å². The average molecular weight is 286 g/mol. The lowest BCUT2D eigenvalue weighted by Gasteiger charge is -2.11. The molecule has 0 fully saturated rings. The smallest absolute Gasteiger partial charge is 0.304 e. The first-order valence-electron chi connectivity index (χ1n) is 6.79. The summed E-state index contributed by atoms with van der Waals surface area (Å²) in [5.74, 6) is -0.0202. The van der Waals surface area contributed by atoms with E-state index in [1.807, 2.05) is 42.5 Å². The SMILES string of the molecule is O=C(O)CCNCc1ccccc1OCc1ccccn1. The van der Waals surface area contributed by atoms with Crippen LogP contribution >= 0.6 is 0 Å². The number of ether oxygens (including phenoxy) is 1. The van der Waals surface area contributed by atoms with Crippen LogP contribution in [0.1, 0.15) is 17.7 Å². The molecule has 0 aliphatic rings. The zero-order valence-electron chi connectivity index (χ0n) is 11.7. The Labute approximate surface area is 123 Å². The van der Waals surface area contributed by atoms with Crippen LogP contribution in [0.2, 0.25) is 0 Å². The minimum atomic E-state index is -0.804. The first-order chi connectivity index (χ1) is 10.3. The van der Waals surface area contributed by atoms with Gasteiger partial charge in [-0.3, -0.25) is 9.78 Å². The second kappa shape index (κ2) is 8.01. The van der Waals surface area contributed by atoms with E-state index in [9.17, 15) is 4.79 Å². The Bertz CT molecular complexity index is 573. The van der Waals surface area contributed by atoms with E-state index in [0.717, 1.165) is 17.0 Å². The van der Waals surface area contributed by atoms with Crippen LogP contribution in [0.4, 0.5) is 0 Å². The number of rotatable bonds is 8. The number of hydrogen-bond acceptors (Lipinski definition) is 4. The van der Waals surface area contributed by atoms with Gasteiger partial charge in [0, 0.05) is 24.8 Å². The van der Waals surface area contributed by atoms with E-state index in [4.69, 9.17) is 9.84 Å². The molecule has 5 nitrogen and oxygen atoms in total. The van der Waals surface area contributed by atoms with Crippen molar-refractivity contribution in [2.45, 2.75) is 19.6 Å². The van der Waals surface area contributed by atoms with Gasteiger partial charge < -0.3 is 15.2 Å². The van der Waals surface area contributed by atoms with Crippen LogP contribution in [0.5, 0.6) is 5.75 Å². The van der Waals surface area contributed by atoms with Crippen LogP contribution in [0.15, 0.2) is 48.7 Å². The maximum Gasteiger partial charge on any atom is 0.304 e. The molecule has 0 saturated heterocycles. The van der Waals surface area contributed by atoms with E-state index in [1.54, 1.807) is 6.20 Å². The van der Waals surface area contributed by atoms with Gasteiger partial charge in [-0.15, -0.1) is 0 Å². The molecule has 2 aromatic rings. The van der Waals surface area contributed by atoms with Crippen LogP contribution < -0.4 is 10.1 Å². The number of carboxylic acid groups (broad SMARTS) is 1. The maximum atomic E-state index is 10.5. The molecule has 1 aromatic carbocycles. The third-order valence-electron chi connectivity index (χ3n) is 2.91. The fourth-order valence-corrected chi connectivity index (χ4v) is 1.84. The van der Waals surface area contributed by atoms with Gasteiger partial charge in [0.25, 0.3) is 0 Å². The quantitative estimate of drug-likeness (QED) is 0.728. The number of benzene rings is 1. The van der Waals surface area contributed by atoms with E-state index in [1.165, 1.54) is 0 Å². The molecular weight excluding hydrogens is 268 g/mol. The molecule has 5 heteroatoms. The van der Waals surface area contributed by atoms with E-state index in [0.29, 0.717) is 19.7 Å². The minimum Gasteiger partial charge on any atom is -0.487 e. The number of para-hydroxylation sites is 1. The van der Waals surface area contributed by atoms with Gasteiger partial charge >= 0.3 is 5.97 Å². The van der Waals surface area contributed by atoms with Crippen molar-refractivity contribution in [3.8, 4) is 5.75 Å². The standard InChI is InChI=1S/C16H18N2O3/c19-16(20)8-10-17-11-13-5-1-2-7-15(13)21-12-14-6-3-4-9-18-14/h1-7,9,17H,8,10-12H2,(H,19,20). The molecule has 0 aliphatic carbocycles. The largest absolute Gasteiger partial charge is 0.487 e. The van der Waals surface area contributed by atoms with E-state index in [2.05, 4.69) is 10.3 Å². The van der Waals surface area contributed by atoms with Gasteiger partial charge in [-0.25, -0.2) is 0 Å². The number of hydrogen-bond donors (Lipinski definition) is 2. The van der Waals surface area contributed by atoms with Gasteiger partial charge in [0.2, 0.25) is 0 Å². The molecule has 0 radical (unpaired) electrons. The Morgan fingerprint density at radius 2 is 2.00 bits per heavy atom. The van der Waals surface area contributed by atoms with Gasteiger partial charge in [0.15, 0.2) is 0 Å². The minimum absolute atomic E-state index is 0.108. The van der Waals surface area contributed by atoms with Gasteiger partial charge in [0.05, 0.1) is 12.1 Å². The molecule has 0 atom stereocenters. The zero-order chi connectivity index (χ0) is 14.9. The third kappa shape index (κ3) is 5.24. The summed E-state index contributed by atoms with van der Waals surface area (Å²) in [6, 6.07) is 13.4. The topological polar surface area (TPSA) is 71.5 Å². The first kappa shape index (κ1) is 15.0. The summed E-state index contributed by atoms with van der Waals surface area (Å²) in [4.78, 5) is 14.7. The molecule has 21 heavy (non-hydrogen) atoms. The van der Waals surface area contributed by atoms with Gasteiger partial charge in [-0.05, 0) is 18.2 Å². The lowest BCUT2D eigenvalue weighted by molar-refractivity contribution is -0.136. The summed E-state index contributed by atoms with van der Waals surface area (Å²) in [5, 5.41) is 11.7. The Morgan fingerprint density at radius 3 is 2.76 bits per heavy atom. The highest BCUT2D eigenvalue weighted by molar-refractivity contribution is 5.66. The van der Waals surface area contributed by atoms with E-state index >= 15 is 0 Å². The third-order valence-corrected chi connectivity index (χ3v) is 2.91. The predicted octanol–water partition coefficient (Wildman–Crippen LogP) is 2.22. The Morgan fingerprint density at radius 1 is 1.19 bits per heavy atom. The van der Waals surface area contributed by atoms with Crippen LogP contribution in [0, 0.1) is 0 Å². The van der Waals surface area contributed by atoms with Crippen molar-refractivity contribution in [2.75, 3.05) is 6.54 Å². The van der Waals surface area contributed by atoms with Crippen molar-refractivity contribution in [1.82, 2.24) is 10.3 Å². The molecule has 0 spiro atoms. The molecule has 0 unspecified atom stereocenters. The monoisotopic (exact) mass is 286 g/mol. The highest BCUT2D eigenvalue weighted by Crippen LogP contribution is 2.18. The van der Waals surface area contributed by atoms with Gasteiger partial charge in [0.1, 0.15) is 12.4 Å². The molecule has 0 aliphatic heterocycles. The number of pyridine rings is 1. The molecule has 1 aromatic heterocycles. The van der Waals surface area contributed by atoms with Crippen molar-refractivity contribution >= 4 is 5.97 Å². The van der Waals surface area contributed by atoms with Crippen molar-refractivity contribution in [1.29, 1.82) is 0 Å². The predicted molar refractivity (Wildman–Crippen MR) is 79.0 cm³/mol. The highest BCUT2D eigenvalue weighted by atomic mass is 16.5. The molecular formula is C16H18N2O3. The van der Waals surface area contributed by atoms with Gasteiger partial charge in [-0.2, -0.15) is 0 Å². The van der Waals surface area contributed by atoms with Crippen LogP contribution in [0.3, 0.4) is 0 Å². The fraction of sp³-hybridized carbons (Fsp3) is 0.250. The molecule has 1 heterocycles. The molecule has 0 bridgehead atoms. The molecule has 0 saturated carbocycles. The Balaban J connectivity index is 1.89. The second-order valence-corrected chi connectivity index (χ2v) is 4.54. The Hall–Kier alpha value is -2.40.